The fourth-order valence-electron chi connectivity index (χ4n) is 1.95. The highest BCUT2D eigenvalue weighted by Crippen LogP contribution is 2.24. The van der Waals surface area contributed by atoms with E-state index in [0.29, 0.717) is 23.7 Å². The third-order valence-electron chi connectivity index (χ3n) is 2.90. The molecule has 0 saturated carbocycles. The van der Waals surface area contributed by atoms with Gasteiger partial charge in [0.2, 0.25) is 0 Å². The zero-order valence-electron chi connectivity index (χ0n) is 11.5. The summed E-state index contributed by atoms with van der Waals surface area (Å²) < 4.78 is 30.9. The Morgan fingerprint density at radius 3 is 2.90 bits per heavy atom. The lowest BCUT2D eigenvalue weighted by molar-refractivity contribution is -0.0504. The van der Waals surface area contributed by atoms with Gasteiger partial charge in [-0.2, -0.15) is 13.9 Å². The molecule has 0 fully saturated rings. The Hall–Kier alpha value is -1.66. The molecule has 2 aromatic rings. The summed E-state index contributed by atoms with van der Waals surface area (Å²) >= 11 is 5.88. The van der Waals surface area contributed by atoms with E-state index in [-0.39, 0.29) is 5.75 Å². The number of alkyl halides is 2. The molecule has 1 N–H and O–H groups in total. The third-order valence-corrected chi connectivity index (χ3v) is 3.14. The van der Waals surface area contributed by atoms with Crippen LogP contribution < -0.4 is 10.1 Å². The highest BCUT2D eigenvalue weighted by molar-refractivity contribution is 6.30. The van der Waals surface area contributed by atoms with Gasteiger partial charge in [0.05, 0.1) is 6.20 Å². The van der Waals surface area contributed by atoms with E-state index in [2.05, 4.69) is 15.2 Å². The summed E-state index contributed by atoms with van der Waals surface area (Å²) in [7, 11) is 1.86. The zero-order chi connectivity index (χ0) is 15.2. The van der Waals surface area contributed by atoms with Gasteiger partial charge < -0.3 is 10.1 Å². The van der Waals surface area contributed by atoms with Crippen LogP contribution in [0.25, 0.3) is 0 Å². The van der Waals surface area contributed by atoms with E-state index >= 15 is 0 Å². The quantitative estimate of drug-likeness (QED) is 0.798. The van der Waals surface area contributed by atoms with Crippen molar-refractivity contribution >= 4 is 11.6 Å². The Balaban J connectivity index is 1.88. The molecule has 1 aromatic heterocycles. The lowest BCUT2D eigenvalue weighted by Gasteiger charge is -2.11. The number of aromatic nitrogens is 2. The average molecular weight is 316 g/mol. The van der Waals surface area contributed by atoms with Crippen LogP contribution in [0.4, 0.5) is 8.78 Å². The van der Waals surface area contributed by atoms with Gasteiger partial charge in [0, 0.05) is 30.4 Å². The van der Waals surface area contributed by atoms with Crippen LogP contribution in [0.1, 0.15) is 11.1 Å². The van der Waals surface area contributed by atoms with Gasteiger partial charge in [-0.25, -0.2) is 0 Å². The molecule has 7 heteroatoms. The van der Waals surface area contributed by atoms with Gasteiger partial charge in [-0.1, -0.05) is 11.6 Å². The minimum absolute atomic E-state index is 0.142. The first-order valence-corrected chi connectivity index (χ1v) is 6.84. The number of nitrogens with one attached hydrogen (secondary N) is 1. The van der Waals surface area contributed by atoms with Crippen molar-refractivity contribution < 1.29 is 13.5 Å². The summed E-state index contributed by atoms with van der Waals surface area (Å²) in [5, 5.41) is 7.75. The SMILES string of the molecule is Cn1cc(CCNCc2cc(Cl)ccc2OC(F)F)cn1. The van der Waals surface area contributed by atoms with Gasteiger partial charge in [-0.15, -0.1) is 0 Å². The van der Waals surface area contributed by atoms with Crippen LogP contribution in [0, 0.1) is 0 Å². The molecule has 0 amide bonds. The maximum atomic E-state index is 12.3. The van der Waals surface area contributed by atoms with Gasteiger partial charge >= 0.3 is 6.61 Å². The number of benzene rings is 1. The van der Waals surface area contributed by atoms with Crippen LogP contribution in [-0.4, -0.2) is 22.9 Å². The fourth-order valence-corrected chi connectivity index (χ4v) is 2.15. The number of nitrogens with zero attached hydrogens (tertiary/aromatic N) is 2. The van der Waals surface area contributed by atoms with E-state index in [1.54, 1.807) is 16.9 Å². The van der Waals surface area contributed by atoms with Gasteiger partial charge in [0.15, 0.2) is 0 Å². The van der Waals surface area contributed by atoms with Crippen LogP contribution >= 0.6 is 11.6 Å². The second kappa shape index (κ2) is 7.38. The molecule has 0 saturated heterocycles. The highest BCUT2D eigenvalue weighted by atomic mass is 35.5. The van der Waals surface area contributed by atoms with Crippen LogP contribution in [0.5, 0.6) is 5.75 Å². The van der Waals surface area contributed by atoms with Crippen LogP contribution in [0.2, 0.25) is 5.02 Å². The number of hydrogen-bond donors (Lipinski definition) is 1. The van der Waals surface area contributed by atoms with Gasteiger partial charge in [-0.05, 0) is 36.7 Å². The monoisotopic (exact) mass is 315 g/mol. The first-order valence-electron chi connectivity index (χ1n) is 6.46. The van der Waals surface area contributed by atoms with Crippen LogP contribution in [0.3, 0.4) is 0 Å². The lowest BCUT2D eigenvalue weighted by atomic mass is 10.2. The van der Waals surface area contributed by atoms with Gasteiger partial charge in [0.25, 0.3) is 0 Å². The van der Waals surface area contributed by atoms with Crippen molar-refractivity contribution in [2.75, 3.05) is 6.54 Å². The predicted octanol–water partition coefficient (Wildman–Crippen LogP) is 3.01. The van der Waals surface area contributed by atoms with E-state index in [9.17, 15) is 8.78 Å². The summed E-state index contributed by atoms with van der Waals surface area (Å²) in [5.41, 5.74) is 1.72. The fraction of sp³-hybridized carbons (Fsp3) is 0.357. The Bertz CT molecular complexity index is 589. The molecule has 0 unspecified atom stereocenters. The van der Waals surface area contributed by atoms with E-state index < -0.39 is 6.61 Å². The van der Waals surface area contributed by atoms with Crippen molar-refractivity contribution in [2.24, 2.45) is 7.05 Å². The van der Waals surface area contributed by atoms with Gasteiger partial charge in [-0.3, -0.25) is 4.68 Å². The molecule has 21 heavy (non-hydrogen) atoms. The van der Waals surface area contributed by atoms with E-state index in [4.69, 9.17) is 11.6 Å². The number of ether oxygens (including phenoxy) is 1. The second-order valence-corrected chi connectivity index (χ2v) is 5.02. The van der Waals surface area contributed by atoms with Crippen LogP contribution in [-0.2, 0) is 20.0 Å². The number of aryl methyl sites for hydroxylation is 1. The molecule has 0 atom stereocenters. The molecule has 0 radical (unpaired) electrons. The molecule has 0 aliphatic heterocycles. The maximum absolute atomic E-state index is 12.3. The summed E-state index contributed by atoms with van der Waals surface area (Å²) in [6, 6.07) is 4.60. The molecule has 114 valence electrons. The zero-order valence-corrected chi connectivity index (χ0v) is 12.3. The Labute approximate surface area is 126 Å². The largest absolute Gasteiger partial charge is 0.434 e. The minimum Gasteiger partial charge on any atom is -0.434 e. The molecule has 0 bridgehead atoms. The number of hydrogen-bond acceptors (Lipinski definition) is 3. The smallest absolute Gasteiger partial charge is 0.387 e. The summed E-state index contributed by atoms with van der Waals surface area (Å²) in [6.07, 6.45) is 4.54. The molecular weight excluding hydrogens is 300 g/mol. The average Bonchev–Trinajstić information content (AvgIpc) is 2.83. The van der Waals surface area contributed by atoms with Crippen molar-refractivity contribution in [2.45, 2.75) is 19.6 Å². The number of halogens is 3. The molecule has 0 spiro atoms. The van der Waals surface area contributed by atoms with E-state index in [1.165, 1.54) is 12.1 Å². The third kappa shape index (κ3) is 4.99. The summed E-state index contributed by atoms with van der Waals surface area (Å²) in [6.45, 7) is -1.74. The minimum atomic E-state index is -2.85. The Morgan fingerprint density at radius 1 is 1.43 bits per heavy atom. The van der Waals surface area contributed by atoms with Gasteiger partial charge in [0.1, 0.15) is 5.75 Å². The first-order chi connectivity index (χ1) is 10.0. The van der Waals surface area contributed by atoms with Crippen molar-refractivity contribution in [1.29, 1.82) is 0 Å². The second-order valence-electron chi connectivity index (χ2n) is 4.58. The predicted molar refractivity (Wildman–Crippen MR) is 76.7 cm³/mol. The molecule has 2 rings (SSSR count). The van der Waals surface area contributed by atoms with E-state index in [0.717, 1.165) is 12.0 Å². The first kappa shape index (κ1) is 15.7. The lowest BCUT2D eigenvalue weighted by Crippen LogP contribution is -2.17. The molecule has 0 aliphatic rings. The summed E-state index contributed by atoms with van der Waals surface area (Å²) in [5.74, 6) is 0.142. The Kier molecular flexibility index (Phi) is 5.52. The molecule has 4 nitrogen and oxygen atoms in total. The van der Waals surface area contributed by atoms with Crippen molar-refractivity contribution in [3.8, 4) is 5.75 Å². The molecule has 1 heterocycles. The highest BCUT2D eigenvalue weighted by Gasteiger charge is 2.10. The van der Waals surface area contributed by atoms with Crippen LogP contribution in [0.15, 0.2) is 30.6 Å². The summed E-state index contributed by atoms with van der Waals surface area (Å²) in [4.78, 5) is 0. The molecule has 0 aliphatic carbocycles. The maximum Gasteiger partial charge on any atom is 0.387 e. The van der Waals surface area contributed by atoms with Crippen molar-refractivity contribution in [3.05, 3.63) is 46.7 Å². The van der Waals surface area contributed by atoms with Crippen molar-refractivity contribution in [1.82, 2.24) is 15.1 Å². The topological polar surface area (TPSA) is 39.1 Å². The van der Waals surface area contributed by atoms with E-state index in [1.807, 2.05) is 13.2 Å². The van der Waals surface area contributed by atoms with Crippen molar-refractivity contribution in [3.63, 3.8) is 0 Å². The standard InChI is InChI=1S/C14H16ClF2N3O/c1-20-9-10(7-19-20)4-5-18-8-11-6-12(15)2-3-13(11)21-14(16)17/h2-3,6-7,9,14,18H,4-5,8H2,1H3. The number of rotatable bonds is 7. The molecular formula is C14H16ClF2N3O. The Morgan fingerprint density at radius 2 is 2.24 bits per heavy atom. The molecule has 1 aromatic carbocycles. The normalized spacial score (nSPS) is 11.1.